The Morgan fingerprint density at radius 2 is 2.16 bits per heavy atom. The average Bonchev–Trinajstić information content (AvgIpc) is 2.58. The molecule has 6 heteroatoms. The van der Waals surface area contributed by atoms with Gasteiger partial charge in [0.15, 0.2) is 0 Å². The molecule has 1 heterocycles. The summed E-state index contributed by atoms with van der Waals surface area (Å²) < 4.78 is 5.58. The number of halogens is 1. The van der Waals surface area contributed by atoms with Gasteiger partial charge in [-0.05, 0) is 24.0 Å². The van der Waals surface area contributed by atoms with Gasteiger partial charge in [-0.1, -0.05) is 44.5 Å². The molecule has 142 valence electrons. The molecule has 1 amide bonds. The largest absolute Gasteiger partial charge is 0.376 e. The molecule has 25 heavy (non-hydrogen) atoms. The molecule has 0 bridgehead atoms. The highest BCUT2D eigenvalue weighted by atomic mass is 35.5. The van der Waals surface area contributed by atoms with E-state index < -0.39 is 6.04 Å². The number of ether oxygens (including phenoxy) is 1. The molecule has 3 N–H and O–H groups in total. The van der Waals surface area contributed by atoms with Crippen LogP contribution >= 0.6 is 12.4 Å². The van der Waals surface area contributed by atoms with Gasteiger partial charge in [0.2, 0.25) is 5.91 Å². The first kappa shape index (κ1) is 21.9. The van der Waals surface area contributed by atoms with Gasteiger partial charge in [-0.15, -0.1) is 12.4 Å². The zero-order chi connectivity index (χ0) is 17.5. The number of nitrogens with one attached hydrogen (secondary N) is 1. The molecule has 1 fully saturated rings. The van der Waals surface area contributed by atoms with Crippen LogP contribution in [0.3, 0.4) is 0 Å². The minimum absolute atomic E-state index is 0. The highest BCUT2D eigenvalue weighted by Crippen LogP contribution is 2.12. The molecule has 1 aliphatic rings. The summed E-state index contributed by atoms with van der Waals surface area (Å²) in [6, 6.07) is 7.95. The number of rotatable bonds is 7. The lowest BCUT2D eigenvalue weighted by atomic mass is 9.99. The molecule has 0 saturated carbocycles. The van der Waals surface area contributed by atoms with Crippen LogP contribution in [0, 0.1) is 5.92 Å². The fourth-order valence-corrected chi connectivity index (χ4v) is 2.95. The van der Waals surface area contributed by atoms with Crippen molar-refractivity contribution in [1.82, 2.24) is 10.2 Å². The number of nitrogens with zero attached hydrogens (tertiary/aromatic N) is 1. The molecule has 1 aliphatic heterocycles. The smallest absolute Gasteiger partial charge is 0.237 e. The van der Waals surface area contributed by atoms with Crippen molar-refractivity contribution < 1.29 is 9.53 Å². The number of benzene rings is 1. The van der Waals surface area contributed by atoms with Crippen molar-refractivity contribution in [3.05, 3.63) is 35.4 Å². The topological polar surface area (TPSA) is 67.6 Å². The van der Waals surface area contributed by atoms with E-state index in [0.29, 0.717) is 12.6 Å². The van der Waals surface area contributed by atoms with Gasteiger partial charge in [-0.3, -0.25) is 9.69 Å². The van der Waals surface area contributed by atoms with Crippen molar-refractivity contribution in [2.45, 2.75) is 52.4 Å². The molecule has 0 aromatic heterocycles. The average molecular weight is 370 g/mol. The van der Waals surface area contributed by atoms with Gasteiger partial charge in [0, 0.05) is 26.2 Å². The number of hydrogen-bond acceptors (Lipinski definition) is 4. The lowest BCUT2D eigenvalue weighted by Gasteiger charge is -2.31. The van der Waals surface area contributed by atoms with Gasteiger partial charge in [0.05, 0.1) is 18.8 Å². The van der Waals surface area contributed by atoms with Gasteiger partial charge in [-0.25, -0.2) is 0 Å². The molecule has 1 aromatic rings. The maximum Gasteiger partial charge on any atom is 0.237 e. The highest BCUT2D eigenvalue weighted by molar-refractivity contribution is 5.85. The van der Waals surface area contributed by atoms with Gasteiger partial charge in [-0.2, -0.15) is 0 Å². The normalized spacial score (nSPS) is 20.4. The van der Waals surface area contributed by atoms with Crippen LogP contribution in [0.4, 0.5) is 0 Å². The second-order valence-electron chi connectivity index (χ2n) is 6.87. The van der Waals surface area contributed by atoms with E-state index in [1.54, 1.807) is 0 Å². The van der Waals surface area contributed by atoms with E-state index in [0.717, 1.165) is 38.2 Å². The summed E-state index contributed by atoms with van der Waals surface area (Å²) in [6.45, 7) is 10.3. The number of carbonyl (C=O) groups excluding carboxylic acids is 1. The number of hydrogen-bond donors (Lipinski definition) is 2. The molecular formula is C19H32ClN3O2. The van der Waals surface area contributed by atoms with Crippen LogP contribution in [-0.2, 0) is 22.6 Å². The second kappa shape index (κ2) is 10.8. The van der Waals surface area contributed by atoms with E-state index in [-0.39, 0.29) is 24.2 Å². The van der Waals surface area contributed by atoms with E-state index in [1.807, 2.05) is 19.9 Å². The molecule has 5 nitrogen and oxygen atoms in total. The Hall–Kier alpha value is -1.14. The van der Waals surface area contributed by atoms with E-state index in [1.165, 1.54) is 5.56 Å². The Bertz CT molecular complexity index is 541. The quantitative estimate of drug-likeness (QED) is 0.774. The number of nitrogens with two attached hydrogens (primary N) is 1. The molecule has 0 spiro atoms. The maximum atomic E-state index is 12.1. The molecule has 3 unspecified atom stereocenters. The van der Waals surface area contributed by atoms with Gasteiger partial charge in [0.25, 0.3) is 0 Å². The van der Waals surface area contributed by atoms with Crippen LogP contribution in [0.15, 0.2) is 24.3 Å². The SMILES string of the molecule is CCC(C)C(N)C(=O)NCc1cccc(CN2CCOC(C)C2)c1.Cl. The standard InChI is InChI=1S/C19H31N3O2.ClH/c1-4-14(2)18(20)19(23)21-11-16-6-5-7-17(10-16)13-22-8-9-24-15(3)12-22;/h5-7,10,14-15,18H,4,8-9,11-13,20H2,1-3H3,(H,21,23);1H. The van der Waals surface area contributed by atoms with Crippen LogP contribution in [0.2, 0.25) is 0 Å². The fraction of sp³-hybridized carbons (Fsp3) is 0.632. The molecule has 2 rings (SSSR count). The van der Waals surface area contributed by atoms with E-state index in [4.69, 9.17) is 10.5 Å². The van der Waals surface area contributed by atoms with Crippen LogP contribution < -0.4 is 11.1 Å². The van der Waals surface area contributed by atoms with Crippen molar-refractivity contribution in [2.75, 3.05) is 19.7 Å². The summed E-state index contributed by atoms with van der Waals surface area (Å²) in [5.41, 5.74) is 8.35. The van der Waals surface area contributed by atoms with Crippen molar-refractivity contribution in [3.63, 3.8) is 0 Å². The van der Waals surface area contributed by atoms with Crippen molar-refractivity contribution in [2.24, 2.45) is 11.7 Å². The summed E-state index contributed by atoms with van der Waals surface area (Å²) in [7, 11) is 0. The maximum absolute atomic E-state index is 12.1. The summed E-state index contributed by atoms with van der Waals surface area (Å²) >= 11 is 0. The predicted molar refractivity (Wildman–Crippen MR) is 104 cm³/mol. The second-order valence-corrected chi connectivity index (χ2v) is 6.87. The number of morpholine rings is 1. The van der Waals surface area contributed by atoms with E-state index in [2.05, 4.69) is 35.3 Å². The Labute approximate surface area is 157 Å². The summed E-state index contributed by atoms with van der Waals surface area (Å²) in [5, 5.41) is 2.95. The predicted octanol–water partition coefficient (Wildman–Crippen LogP) is 2.32. The summed E-state index contributed by atoms with van der Waals surface area (Å²) in [5.74, 6) is 0.122. The number of carbonyl (C=O) groups is 1. The number of amides is 1. The van der Waals surface area contributed by atoms with Gasteiger partial charge < -0.3 is 15.8 Å². The first-order valence-corrected chi connectivity index (χ1v) is 8.94. The van der Waals surface area contributed by atoms with Crippen molar-refractivity contribution in [3.8, 4) is 0 Å². The fourth-order valence-electron chi connectivity index (χ4n) is 2.95. The van der Waals surface area contributed by atoms with Crippen LogP contribution in [0.25, 0.3) is 0 Å². The monoisotopic (exact) mass is 369 g/mol. The minimum atomic E-state index is -0.437. The summed E-state index contributed by atoms with van der Waals surface area (Å²) in [6.07, 6.45) is 1.20. The summed E-state index contributed by atoms with van der Waals surface area (Å²) in [4.78, 5) is 14.5. The Morgan fingerprint density at radius 3 is 2.84 bits per heavy atom. The minimum Gasteiger partial charge on any atom is -0.376 e. The van der Waals surface area contributed by atoms with Crippen LogP contribution in [0.5, 0.6) is 0 Å². The first-order chi connectivity index (χ1) is 11.5. The third-order valence-electron chi connectivity index (χ3n) is 4.75. The lowest BCUT2D eigenvalue weighted by Crippen LogP contribution is -2.44. The molecule has 0 radical (unpaired) electrons. The third-order valence-corrected chi connectivity index (χ3v) is 4.75. The van der Waals surface area contributed by atoms with Gasteiger partial charge in [0.1, 0.15) is 0 Å². The van der Waals surface area contributed by atoms with Crippen molar-refractivity contribution in [1.29, 1.82) is 0 Å². The van der Waals surface area contributed by atoms with E-state index >= 15 is 0 Å². The Morgan fingerprint density at radius 1 is 1.44 bits per heavy atom. The zero-order valence-corrected chi connectivity index (χ0v) is 16.3. The Kier molecular flexibility index (Phi) is 9.43. The van der Waals surface area contributed by atoms with Crippen molar-refractivity contribution >= 4 is 18.3 Å². The highest BCUT2D eigenvalue weighted by Gasteiger charge is 2.19. The lowest BCUT2D eigenvalue weighted by molar-refractivity contribution is -0.123. The van der Waals surface area contributed by atoms with Crippen LogP contribution in [0.1, 0.15) is 38.3 Å². The zero-order valence-electron chi connectivity index (χ0n) is 15.5. The van der Waals surface area contributed by atoms with Crippen LogP contribution in [-0.4, -0.2) is 42.6 Å². The molecule has 0 aliphatic carbocycles. The Balaban J connectivity index is 0.00000312. The first-order valence-electron chi connectivity index (χ1n) is 8.94. The molecular weight excluding hydrogens is 338 g/mol. The van der Waals surface area contributed by atoms with Gasteiger partial charge >= 0.3 is 0 Å². The molecule has 3 atom stereocenters. The molecule has 1 saturated heterocycles. The molecule has 1 aromatic carbocycles. The van der Waals surface area contributed by atoms with E-state index in [9.17, 15) is 4.79 Å². The third kappa shape index (κ3) is 6.94.